The van der Waals surface area contributed by atoms with Crippen molar-refractivity contribution in [1.82, 2.24) is 4.98 Å². The molecule has 0 atom stereocenters. The third-order valence-electron chi connectivity index (χ3n) is 4.44. The number of aromatic nitrogens is 1. The zero-order chi connectivity index (χ0) is 17.2. The minimum Gasteiger partial charge on any atom is -0.307 e. The van der Waals surface area contributed by atoms with E-state index in [-0.39, 0.29) is 5.91 Å². The van der Waals surface area contributed by atoms with E-state index in [9.17, 15) is 4.79 Å². The number of rotatable bonds is 3. The van der Waals surface area contributed by atoms with E-state index in [2.05, 4.69) is 23.2 Å². The summed E-state index contributed by atoms with van der Waals surface area (Å²) in [6.45, 7) is 2.57. The third-order valence-corrected chi connectivity index (χ3v) is 4.44. The summed E-state index contributed by atoms with van der Waals surface area (Å²) in [5.41, 5.74) is 2.22. The van der Waals surface area contributed by atoms with Gasteiger partial charge in [0.05, 0.1) is 11.2 Å². The summed E-state index contributed by atoms with van der Waals surface area (Å²) in [6, 6.07) is 25.8. The number of nitrogens with zero attached hydrogens (tertiary/aromatic N) is 2. The summed E-state index contributed by atoms with van der Waals surface area (Å²) in [7, 11) is 0. The molecule has 0 aliphatic rings. The summed E-state index contributed by atoms with van der Waals surface area (Å²) < 4.78 is 0. The number of carbonyl (C=O) groups excluding carboxylic acids is 1. The Kier molecular flexibility index (Phi) is 3.90. The standard InChI is InChI=1S/C22H18N2O/c1-2-24(21-13-7-10-16-8-3-5-11-18(16)21)22(25)20-15-14-17-9-4-6-12-19(17)23-20/h3-15H,2H2,1H3. The number of hydrogen-bond acceptors (Lipinski definition) is 2. The van der Waals surface area contributed by atoms with Crippen molar-refractivity contribution in [3.8, 4) is 0 Å². The second-order valence-electron chi connectivity index (χ2n) is 5.94. The minimum atomic E-state index is -0.0791. The molecule has 3 aromatic carbocycles. The summed E-state index contributed by atoms with van der Waals surface area (Å²) in [5, 5.41) is 3.23. The molecule has 0 radical (unpaired) electrons. The van der Waals surface area contributed by atoms with Crippen LogP contribution in [0.5, 0.6) is 0 Å². The van der Waals surface area contributed by atoms with Crippen LogP contribution in [0.1, 0.15) is 17.4 Å². The number of hydrogen-bond donors (Lipinski definition) is 0. The van der Waals surface area contributed by atoms with Gasteiger partial charge in [-0.1, -0.05) is 60.7 Å². The molecule has 1 amide bonds. The van der Waals surface area contributed by atoms with Crippen LogP contribution in [0.4, 0.5) is 5.69 Å². The predicted molar refractivity (Wildman–Crippen MR) is 103 cm³/mol. The van der Waals surface area contributed by atoms with E-state index < -0.39 is 0 Å². The summed E-state index contributed by atoms with van der Waals surface area (Å²) in [6.07, 6.45) is 0. The lowest BCUT2D eigenvalue weighted by atomic mass is 10.1. The molecule has 25 heavy (non-hydrogen) atoms. The van der Waals surface area contributed by atoms with Gasteiger partial charge in [0.25, 0.3) is 5.91 Å². The van der Waals surface area contributed by atoms with E-state index in [1.807, 2.05) is 61.5 Å². The van der Waals surface area contributed by atoms with Gasteiger partial charge in [-0.3, -0.25) is 4.79 Å². The van der Waals surface area contributed by atoms with Crippen molar-refractivity contribution >= 4 is 33.3 Å². The zero-order valence-corrected chi connectivity index (χ0v) is 14.0. The average molecular weight is 326 g/mol. The van der Waals surface area contributed by atoms with Crippen molar-refractivity contribution in [3.63, 3.8) is 0 Å². The van der Waals surface area contributed by atoms with Crippen molar-refractivity contribution in [2.45, 2.75) is 6.92 Å². The Balaban J connectivity index is 1.80. The SMILES string of the molecule is CCN(C(=O)c1ccc2ccccc2n1)c1cccc2ccccc12. The second kappa shape index (κ2) is 6.36. The van der Waals surface area contributed by atoms with Gasteiger partial charge in [-0.05, 0) is 30.5 Å². The van der Waals surface area contributed by atoms with Crippen LogP contribution in [-0.2, 0) is 0 Å². The van der Waals surface area contributed by atoms with Crippen LogP contribution in [0, 0.1) is 0 Å². The molecule has 122 valence electrons. The smallest absolute Gasteiger partial charge is 0.276 e. The highest BCUT2D eigenvalue weighted by Gasteiger charge is 2.19. The van der Waals surface area contributed by atoms with Gasteiger partial charge < -0.3 is 4.90 Å². The Labute approximate surface area is 146 Å². The molecule has 3 nitrogen and oxygen atoms in total. The van der Waals surface area contributed by atoms with Gasteiger partial charge in [0.2, 0.25) is 0 Å². The first-order valence-corrected chi connectivity index (χ1v) is 8.43. The molecule has 4 aromatic rings. The molecule has 0 N–H and O–H groups in total. The number of benzene rings is 3. The number of pyridine rings is 1. The summed E-state index contributed by atoms with van der Waals surface area (Å²) in [5.74, 6) is -0.0791. The van der Waals surface area contributed by atoms with E-state index in [1.54, 1.807) is 11.0 Å². The maximum Gasteiger partial charge on any atom is 0.276 e. The first-order chi connectivity index (χ1) is 12.3. The van der Waals surface area contributed by atoms with E-state index in [0.717, 1.165) is 27.4 Å². The fourth-order valence-corrected chi connectivity index (χ4v) is 3.19. The van der Waals surface area contributed by atoms with Crippen molar-refractivity contribution in [3.05, 3.63) is 84.6 Å². The lowest BCUT2D eigenvalue weighted by molar-refractivity contribution is 0.0984. The molecule has 1 aromatic heterocycles. The second-order valence-corrected chi connectivity index (χ2v) is 5.94. The minimum absolute atomic E-state index is 0.0791. The van der Waals surface area contributed by atoms with Crippen LogP contribution in [0.3, 0.4) is 0 Å². The van der Waals surface area contributed by atoms with Gasteiger partial charge >= 0.3 is 0 Å². The van der Waals surface area contributed by atoms with Gasteiger partial charge in [-0.15, -0.1) is 0 Å². The first kappa shape index (κ1) is 15.3. The lowest BCUT2D eigenvalue weighted by Crippen LogP contribution is -2.31. The topological polar surface area (TPSA) is 33.2 Å². The average Bonchev–Trinajstić information content (AvgIpc) is 2.68. The summed E-state index contributed by atoms with van der Waals surface area (Å²) >= 11 is 0. The van der Waals surface area contributed by atoms with Crippen molar-refractivity contribution < 1.29 is 4.79 Å². The Morgan fingerprint density at radius 3 is 2.40 bits per heavy atom. The Morgan fingerprint density at radius 2 is 1.56 bits per heavy atom. The van der Waals surface area contributed by atoms with E-state index in [4.69, 9.17) is 0 Å². The maximum absolute atomic E-state index is 13.1. The lowest BCUT2D eigenvalue weighted by Gasteiger charge is -2.22. The van der Waals surface area contributed by atoms with Gasteiger partial charge in [0.1, 0.15) is 5.69 Å². The number of anilines is 1. The normalized spacial score (nSPS) is 10.9. The molecule has 1 heterocycles. The van der Waals surface area contributed by atoms with Crippen LogP contribution in [-0.4, -0.2) is 17.4 Å². The van der Waals surface area contributed by atoms with Gasteiger partial charge in [0.15, 0.2) is 0 Å². The van der Waals surface area contributed by atoms with Gasteiger partial charge in [0, 0.05) is 17.3 Å². The molecule has 0 bridgehead atoms. The fraction of sp³-hybridized carbons (Fsp3) is 0.0909. The van der Waals surface area contributed by atoms with E-state index >= 15 is 0 Å². The number of fused-ring (bicyclic) bond motifs is 2. The predicted octanol–water partition coefficient (Wildman–Crippen LogP) is 5.05. The fourth-order valence-electron chi connectivity index (χ4n) is 3.19. The molecule has 4 rings (SSSR count). The highest BCUT2D eigenvalue weighted by molar-refractivity contribution is 6.10. The quantitative estimate of drug-likeness (QED) is 0.527. The Bertz CT molecular complexity index is 1070. The molecule has 0 aliphatic heterocycles. The molecule has 0 saturated heterocycles. The molecule has 3 heteroatoms. The Hall–Kier alpha value is -3.20. The molecular formula is C22H18N2O. The molecule has 0 aliphatic carbocycles. The highest BCUT2D eigenvalue weighted by atomic mass is 16.2. The first-order valence-electron chi connectivity index (χ1n) is 8.43. The van der Waals surface area contributed by atoms with Crippen LogP contribution >= 0.6 is 0 Å². The zero-order valence-electron chi connectivity index (χ0n) is 14.0. The van der Waals surface area contributed by atoms with Gasteiger partial charge in [-0.2, -0.15) is 0 Å². The van der Waals surface area contributed by atoms with Crippen LogP contribution in [0.2, 0.25) is 0 Å². The molecule has 0 fully saturated rings. The maximum atomic E-state index is 13.1. The number of carbonyl (C=O) groups is 1. The molecule has 0 spiro atoms. The highest BCUT2D eigenvalue weighted by Crippen LogP contribution is 2.27. The van der Waals surface area contributed by atoms with E-state index in [1.165, 1.54) is 0 Å². The van der Waals surface area contributed by atoms with Crippen molar-refractivity contribution in [2.75, 3.05) is 11.4 Å². The van der Waals surface area contributed by atoms with Crippen molar-refractivity contribution in [2.24, 2.45) is 0 Å². The third kappa shape index (κ3) is 2.74. The Morgan fingerprint density at radius 1 is 0.840 bits per heavy atom. The van der Waals surface area contributed by atoms with Gasteiger partial charge in [-0.25, -0.2) is 4.98 Å². The monoisotopic (exact) mass is 326 g/mol. The molecule has 0 saturated carbocycles. The number of amides is 1. The summed E-state index contributed by atoms with van der Waals surface area (Å²) in [4.78, 5) is 19.5. The number of para-hydroxylation sites is 1. The van der Waals surface area contributed by atoms with E-state index in [0.29, 0.717) is 12.2 Å². The van der Waals surface area contributed by atoms with Crippen molar-refractivity contribution in [1.29, 1.82) is 0 Å². The largest absolute Gasteiger partial charge is 0.307 e. The molecule has 0 unspecified atom stereocenters. The van der Waals surface area contributed by atoms with Crippen LogP contribution in [0.15, 0.2) is 78.9 Å². The van der Waals surface area contributed by atoms with Crippen LogP contribution < -0.4 is 4.90 Å². The van der Waals surface area contributed by atoms with Crippen LogP contribution in [0.25, 0.3) is 21.7 Å². The molecular weight excluding hydrogens is 308 g/mol.